The van der Waals surface area contributed by atoms with Crippen LogP contribution in [0.1, 0.15) is 56.4 Å². The van der Waals surface area contributed by atoms with Crippen molar-refractivity contribution < 1.29 is 14.0 Å². The van der Waals surface area contributed by atoms with E-state index in [0.717, 1.165) is 50.8 Å². The number of nitrogens with zero attached hydrogens (tertiary/aromatic N) is 2. The Morgan fingerprint density at radius 2 is 1.41 bits per heavy atom. The van der Waals surface area contributed by atoms with Gasteiger partial charge in [-0.2, -0.15) is 0 Å². The number of piperidine rings is 1. The molecule has 27 heavy (non-hydrogen) atoms. The minimum atomic E-state index is -0.238. The maximum absolute atomic E-state index is 13.1. The molecule has 0 spiro atoms. The summed E-state index contributed by atoms with van der Waals surface area (Å²) in [6.07, 6.45) is 7.13. The van der Waals surface area contributed by atoms with E-state index in [-0.39, 0.29) is 29.5 Å². The number of amides is 2. The predicted molar refractivity (Wildman–Crippen MR) is 102 cm³/mol. The van der Waals surface area contributed by atoms with Gasteiger partial charge in [-0.05, 0) is 55.7 Å². The van der Waals surface area contributed by atoms with Crippen LogP contribution in [0.15, 0.2) is 24.3 Å². The Balaban J connectivity index is 1.27. The first kappa shape index (κ1) is 18.5. The van der Waals surface area contributed by atoms with E-state index in [1.807, 2.05) is 4.90 Å². The Labute approximate surface area is 160 Å². The van der Waals surface area contributed by atoms with E-state index in [9.17, 15) is 14.0 Å². The Kier molecular flexibility index (Phi) is 5.46. The number of hydrogen-bond acceptors (Lipinski definition) is 2. The predicted octanol–water partition coefficient (Wildman–Crippen LogP) is 3.57. The van der Waals surface area contributed by atoms with Crippen LogP contribution >= 0.6 is 0 Å². The molecule has 0 aromatic heterocycles. The van der Waals surface area contributed by atoms with Crippen molar-refractivity contribution in [2.75, 3.05) is 26.2 Å². The van der Waals surface area contributed by atoms with Gasteiger partial charge in [-0.3, -0.25) is 9.59 Å². The number of carbonyl (C=O) groups is 2. The summed E-state index contributed by atoms with van der Waals surface area (Å²) in [5.74, 6) is 0.630. The highest BCUT2D eigenvalue weighted by atomic mass is 19.1. The number of carbonyl (C=O) groups excluding carboxylic acids is 2. The average molecular weight is 372 g/mol. The molecular weight excluding hydrogens is 343 g/mol. The van der Waals surface area contributed by atoms with Gasteiger partial charge in [0.25, 0.3) is 0 Å². The summed E-state index contributed by atoms with van der Waals surface area (Å²) in [6.45, 7) is 3.18. The van der Waals surface area contributed by atoms with Crippen molar-refractivity contribution in [2.45, 2.75) is 50.9 Å². The van der Waals surface area contributed by atoms with E-state index < -0.39 is 0 Å². The number of hydrogen-bond donors (Lipinski definition) is 0. The van der Waals surface area contributed by atoms with Gasteiger partial charge in [-0.15, -0.1) is 0 Å². The number of benzene rings is 1. The van der Waals surface area contributed by atoms with E-state index in [1.54, 1.807) is 12.1 Å². The molecule has 1 aromatic carbocycles. The van der Waals surface area contributed by atoms with Crippen LogP contribution in [0.5, 0.6) is 0 Å². The molecule has 2 amide bonds. The summed E-state index contributed by atoms with van der Waals surface area (Å²) in [5.41, 5.74) is 1.06. The molecule has 1 saturated carbocycles. The zero-order valence-corrected chi connectivity index (χ0v) is 15.9. The van der Waals surface area contributed by atoms with Gasteiger partial charge < -0.3 is 9.80 Å². The first-order valence-corrected chi connectivity index (χ1v) is 10.5. The lowest BCUT2D eigenvalue weighted by Gasteiger charge is -2.34. The molecule has 1 aromatic rings. The van der Waals surface area contributed by atoms with Gasteiger partial charge in [-0.1, -0.05) is 25.0 Å². The summed E-state index contributed by atoms with van der Waals surface area (Å²) in [7, 11) is 0. The molecule has 146 valence electrons. The number of rotatable bonds is 3. The molecule has 0 N–H and O–H groups in total. The fourth-order valence-corrected chi connectivity index (χ4v) is 4.68. The van der Waals surface area contributed by atoms with Crippen LogP contribution in [0.2, 0.25) is 0 Å². The minimum absolute atomic E-state index is 0.0355. The van der Waals surface area contributed by atoms with Gasteiger partial charge in [0.05, 0.1) is 0 Å². The van der Waals surface area contributed by atoms with Gasteiger partial charge in [0.2, 0.25) is 11.8 Å². The van der Waals surface area contributed by atoms with Crippen LogP contribution in [-0.2, 0) is 9.59 Å². The first-order valence-electron chi connectivity index (χ1n) is 10.5. The second-order valence-corrected chi connectivity index (χ2v) is 8.34. The molecule has 2 aliphatic heterocycles. The van der Waals surface area contributed by atoms with E-state index in [4.69, 9.17) is 0 Å². The summed E-state index contributed by atoms with van der Waals surface area (Å²) in [5, 5.41) is 0. The fraction of sp³-hybridized carbons (Fsp3) is 0.636. The van der Waals surface area contributed by atoms with Crippen LogP contribution in [0.4, 0.5) is 4.39 Å². The Hall–Kier alpha value is -1.91. The molecule has 4 nitrogen and oxygen atoms in total. The molecule has 2 saturated heterocycles. The highest BCUT2D eigenvalue weighted by Crippen LogP contribution is 2.48. The smallest absolute Gasteiger partial charge is 0.226 e. The van der Waals surface area contributed by atoms with Gasteiger partial charge in [0.1, 0.15) is 5.82 Å². The molecule has 0 radical (unpaired) electrons. The van der Waals surface area contributed by atoms with Crippen LogP contribution in [-0.4, -0.2) is 47.8 Å². The third kappa shape index (κ3) is 4.17. The van der Waals surface area contributed by atoms with Gasteiger partial charge in [0, 0.05) is 38.0 Å². The second-order valence-electron chi connectivity index (χ2n) is 8.34. The quantitative estimate of drug-likeness (QED) is 0.814. The van der Waals surface area contributed by atoms with Crippen LogP contribution in [0.3, 0.4) is 0 Å². The summed E-state index contributed by atoms with van der Waals surface area (Å²) < 4.78 is 13.1. The first-order chi connectivity index (χ1) is 13.1. The molecule has 2 heterocycles. The summed E-state index contributed by atoms with van der Waals surface area (Å²) in [6, 6.07) is 6.52. The lowest BCUT2D eigenvalue weighted by Crippen LogP contribution is -2.45. The normalized spacial score (nSPS) is 26.6. The average Bonchev–Trinajstić information content (AvgIpc) is 3.52. The molecule has 2 atom stereocenters. The second kappa shape index (κ2) is 7.99. The van der Waals surface area contributed by atoms with Crippen LogP contribution in [0.25, 0.3) is 0 Å². The molecule has 4 rings (SSSR count). The molecule has 3 fully saturated rings. The van der Waals surface area contributed by atoms with Gasteiger partial charge in [-0.25, -0.2) is 4.39 Å². The van der Waals surface area contributed by atoms with Crippen molar-refractivity contribution >= 4 is 11.8 Å². The van der Waals surface area contributed by atoms with Crippen molar-refractivity contribution in [1.82, 2.24) is 9.80 Å². The summed E-state index contributed by atoms with van der Waals surface area (Å²) in [4.78, 5) is 29.6. The standard InChI is InChI=1S/C22H29FN2O2/c23-18-7-5-16(6-8-18)19-15-20(19)22(27)25-13-9-17(10-14-25)21(26)24-11-3-1-2-4-12-24/h5-8,17,19-20H,1-4,9-15H2. The monoisotopic (exact) mass is 372 g/mol. The Morgan fingerprint density at radius 3 is 2.04 bits per heavy atom. The minimum Gasteiger partial charge on any atom is -0.342 e. The molecule has 3 aliphatic rings. The highest BCUT2D eigenvalue weighted by molar-refractivity contribution is 5.84. The zero-order valence-electron chi connectivity index (χ0n) is 15.9. The maximum Gasteiger partial charge on any atom is 0.226 e. The molecule has 2 unspecified atom stereocenters. The third-order valence-electron chi connectivity index (χ3n) is 6.48. The Morgan fingerprint density at radius 1 is 0.815 bits per heavy atom. The summed E-state index contributed by atoms with van der Waals surface area (Å²) >= 11 is 0. The van der Waals surface area contributed by atoms with Crippen molar-refractivity contribution in [2.24, 2.45) is 11.8 Å². The largest absolute Gasteiger partial charge is 0.342 e. The van der Waals surface area contributed by atoms with Crippen molar-refractivity contribution in [3.05, 3.63) is 35.6 Å². The zero-order chi connectivity index (χ0) is 18.8. The molecule has 1 aliphatic carbocycles. The van der Waals surface area contributed by atoms with E-state index >= 15 is 0 Å². The van der Waals surface area contributed by atoms with Crippen molar-refractivity contribution in [3.8, 4) is 0 Å². The lowest BCUT2D eigenvalue weighted by molar-refractivity contribution is -0.141. The topological polar surface area (TPSA) is 40.6 Å². The lowest BCUT2D eigenvalue weighted by atomic mass is 9.94. The SMILES string of the molecule is O=C(C1CCN(C(=O)C2CC2c2ccc(F)cc2)CC1)N1CCCCCC1. The number of halogens is 1. The van der Waals surface area contributed by atoms with Crippen molar-refractivity contribution in [3.63, 3.8) is 0 Å². The molecular formula is C22H29FN2O2. The Bertz CT molecular complexity index is 674. The maximum atomic E-state index is 13.1. The van der Waals surface area contributed by atoms with Gasteiger partial charge in [0.15, 0.2) is 0 Å². The van der Waals surface area contributed by atoms with E-state index in [0.29, 0.717) is 19.0 Å². The van der Waals surface area contributed by atoms with Crippen LogP contribution < -0.4 is 0 Å². The van der Waals surface area contributed by atoms with Crippen molar-refractivity contribution in [1.29, 1.82) is 0 Å². The van der Waals surface area contributed by atoms with Gasteiger partial charge >= 0.3 is 0 Å². The fourth-order valence-electron chi connectivity index (χ4n) is 4.68. The van der Waals surface area contributed by atoms with E-state index in [2.05, 4.69) is 4.90 Å². The van der Waals surface area contributed by atoms with Crippen LogP contribution in [0, 0.1) is 17.7 Å². The molecule has 5 heteroatoms. The highest BCUT2D eigenvalue weighted by Gasteiger charge is 2.46. The molecule has 0 bridgehead atoms. The third-order valence-corrected chi connectivity index (χ3v) is 6.48. The van der Waals surface area contributed by atoms with E-state index in [1.165, 1.54) is 25.0 Å². The number of likely N-dealkylation sites (tertiary alicyclic amines) is 2.